The highest BCUT2D eigenvalue weighted by molar-refractivity contribution is 5.80. The molecular weight excluding hydrogens is 322 g/mol. The van der Waals surface area contributed by atoms with Crippen LogP contribution in [0.3, 0.4) is 0 Å². The van der Waals surface area contributed by atoms with Gasteiger partial charge in [0.2, 0.25) is 5.95 Å². The van der Waals surface area contributed by atoms with Crippen LogP contribution in [-0.4, -0.2) is 50.2 Å². The van der Waals surface area contributed by atoms with Crippen molar-refractivity contribution in [3.05, 3.63) is 48.4 Å². The van der Waals surface area contributed by atoms with Crippen LogP contribution < -0.4 is 4.90 Å². The van der Waals surface area contributed by atoms with Crippen molar-refractivity contribution < 1.29 is 14.6 Å². The Hall–Kier alpha value is -2.84. The molecule has 3 rings (SSSR count). The van der Waals surface area contributed by atoms with Gasteiger partial charge in [0.25, 0.3) is 0 Å². The topological polar surface area (TPSA) is 92.8 Å². The Morgan fingerprint density at radius 3 is 2.76 bits per heavy atom. The van der Waals surface area contributed by atoms with E-state index in [1.807, 2.05) is 42.3 Å². The van der Waals surface area contributed by atoms with Crippen molar-refractivity contribution in [3.8, 4) is 0 Å². The van der Waals surface area contributed by atoms with Crippen molar-refractivity contribution in [2.24, 2.45) is 0 Å². The number of carbonyl (C=O) groups is 1. The highest BCUT2D eigenvalue weighted by Gasteiger charge is 2.17. The van der Waals surface area contributed by atoms with Crippen molar-refractivity contribution in [2.75, 3.05) is 18.6 Å². The Bertz CT molecular complexity index is 865. The number of nitrogens with zero attached hydrogens (tertiary/aromatic N) is 5. The first-order valence-electron chi connectivity index (χ1n) is 7.81. The summed E-state index contributed by atoms with van der Waals surface area (Å²) in [4.78, 5) is 21.8. The minimum atomic E-state index is -0.844. The molecule has 8 nitrogen and oxygen atoms in total. The molecule has 0 saturated heterocycles. The molecule has 0 aliphatic carbocycles. The fourth-order valence-corrected chi connectivity index (χ4v) is 2.44. The third-order valence-corrected chi connectivity index (χ3v) is 3.86. The zero-order valence-electron chi connectivity index (χ0n) is 14.0. The van der Waals surface area contributed by atoms with E-state index >= 15 is 0 Å². The van der Waals surface area contributed by atoms with Crippen molar-refractivity contribution in [3.63, 3.8) is 0 Å². The first-order valence-corrected chi connectivity index (χ1v) is 7.81. The number of aliphatic hydroxyl groups is 1. The molecule has 1 aromatic carbocycles. The molecule has 0 fully saturated rings. The summed E-state index contributed by atoms with van der Waals surface area (Å²) in [6.07, 6.45) is 2.24. The molecule has 0 aliphatic heterocycles. The van der Waals surface area contributed by atoms with Gasteiger partial charge in [-0.1, -0.05) is 18.2 Å². The number of rotatable bonds is 7. The monoisotopic (exact) mass is 341 g/mol. The SMILES string of the molecule is CC(=O)C(CO)OCc1cnn2c(N(C)c3ccccc3)ncnc12. The zero-order valence-corrected chi connectivity index (χ0v) is 14.0. The van der Waals surface area contributed by atoms with Gasteiger partial charge < -0.3 is 14.7 Å². The minimum absolute atomic E-state index is 0.125. The standard InChI is InChI=1S/C17H19N5O3/c1-12(24)15(9-23)25-10-13-8-20-22-16(13)18-11-19-17(22)21(2)14-6-4-3-5-7-14/h3-8,11,15,23H,9-10H2,1-2H3. The summed E-state index contributed by atoms with van der Waals surface area (Å²) in [6, 6.07) is 9.79. The zero-order chi connectivity index (χ0) is 17.8. The number of fused-ring (bicyclic) bond motifs is 1. The molecule has 0 saturated carbocycles. The number of ketones is 1. The fraction of sp³-hybridized carbons (Fsp3) is 0.294. The van der Waals surface area contributed by atoms with Gasteiger partial charge in [-0.3, -0.25) is 4.79 Å². The molecule has 8 heteroatoms. The molecule has 0 amide bonds. The summed E-state index contributed by atoms with van der Waals surface area (Å²) in [5, 5.41) is 13.5. The first-order chi connectivity index (χ1) is 12.1. The number of aromatic nitrogens is 4. The van der Waals surface area contributed by atoms with E-state index in [0.717, 1.165) is 5.69 Å². The Labute approximate surface area is 144 Å². The van der Waals surface area contributed by atoms with Crippen molar-refractivity contribution in [1.29, 1.82) is 0 Å². The number of hydrogen-bond donors (Lipinski definition) is 1. The van der Waals surface area contributed by atoms with Crippen LogP contribution in [0.4, 0.5) is 11.6 Å². The van der Waals surface area contributed by atoms with Gasteiger partial charge in [0.05, 0.1) is 19.4 Å². The highest BCUT2D eigenvalue weighted by atomic mass is 16.5. The van der Waals surface area contributed by atoms with Crippen LogP contribution in [0.2, 0.25) is 0 Å². The lowest BCUT2D eigenvalue weighted by Crippen LogP contribution is -2.25. The van der Waals surface area contributed by atoms with Gasteiger partial charge in [0.15, 0.2) is 11.4 Å². The molecule has 1 atom stereocenters. The van der Waals surface area contributed by atoms with Gasteiger partial charge in [0.1, 0.15) is 12.4 Å². The van der Waals surface area contributed by atoms with Gasteiger partial charge in [-0.2, -0.15) is 9.61 Å². The number of para-hydroxylation sites is 1. The van der Waals surface area contributed by atoms with E-state index in [2.05, 4.69) is 15.1 Å². The molecule has 0 radical (unpaired) electrons. The number of Topliss-reactive ketones (excluding diaryl/α,β-unsaturated/α-hetero) is 1. The van der Waals surface area contributed by atoms with E-state index in [0.29, 0.717) is 17.2 Å². The van der Waals surface area contributed by atoms with Crippen molar-refractivity contribution in [2.45, 2.75) is 19.6 Å². The van der Waals surface area contributed by atoms with Crippen LogP contribution in [0.1, 0.15) is 12.5 Å². The summed E-state index contributed by atoms with van der Waals surface area (Å²) in [5.41, 5.74) is 2.27. The van der Waals surface area contributed by atoms with Crippen LogP contribution in [0.15, 0.2) is 42.9 Å². The van der Waals surface area contributed by atoms with E-state index < -0.39 is 6.10 Å². The average molecular weight is 341 g/mol. The lowest BCUT2D eigenvalue weighted by Gasteiger charge is -2.18. The third kappa shape index (κ3) is 3.49. The number of anilines is 2. The largest absolute Gasteiger partial charge is 0.393 e. The quantitative estimate of drug-likeness (QED) is 0.693. The number of carbonyl (C=O) groups excluding carboxylic acids is 1. The molecule has 1 unspecified atom stereocenters. The number of hydrogen-bond acceptors (Lipinski definition) is 7. The van der Waals surface area contributed by atoms with Gasteiger partial charge in [-0.05, 0) is 19.1 Å². The number of benzene rings is 1. The lowest BCUT2D eigenvalue weighted by atomic mass is 10.2. The van der Waals surface area contributed by atoms with E-state index in [9.17, 15) is 9.90 Å². The average Bonchev–Trinajstić information content (AvgIpc) is 3.05. The van der Waals surface area contributed by atoms with Crippen LogP contribution in [0, 0.1) is 0 Å². The van der Waals surface area contributed by atoms with Crippen molar-refractivity contribution >= 4 is 23.1 Å². The Morgan fingerprint density at radius 1 is 1.32 bits per heavy atom. The van der Waals surface area contributed by atoms with Gasteiger partial charge in [0, 0.05) is 18.3 Å². The third-order valence-electron chi connectivity index (χ3n) is 3.86. The molecular formula is C17H19N5O3. The summed E-state index contributed by atoms with van der Waals surface area (Å²) < 4.78 is 7.08. The lowest BCUT2D eigenvalue weighted by molar-refractivity contribution is -0.131. The Morgan fingerprint density at radius 2 is 2.08 bits per heavy atom. The molecule has 25 heavy (non-hydrogen) atoms. The summed E-state index contributed by atoms with van der Waals surface area (Å²) in [6.45, 7) is 1.15. The van der Waals surface area contributed by atoms with E-state index in [1.54, 1.807) is 10.7 Å². The summed E-state index contributed by atoms with van der Waals surface area (Å²) in [7, 11) is 1.90. The Balaban J connectivity index is 1.89. The molecule has 0 aliphatic rings. The second kappa shape index (κ2) is 7.37. The predicted octanol–water partition coefficient (Wildman–Crippen LogP) is 1.36. The Kier molecular flexibility index (Phi) is 5.01. The number of ether oxygens (including phenoxy) is 1. The predicted molar refractivity (Wildman–Crippen MR) is 91.6 cm³/mol. The molecule has 3 aromatic rings. The maximum absolute atomic E-state index is 11.4. The highest BCUT2D eigenvalue weighted by Crippen LogP contribution is 2.22. The summed E-state index contributed by atoms with van der Waals surface area (Å²) in [5.74, 6) is 0.380. The first kappa shape index (κ1) is 17.0. The van der Waals surface area contributed by atoms with E-state index in [-0.39, 0.29) is 19.0 Å². The van der Waals surface area contributed by atoms with Crippen LogP contribution in [-0.2, 0) is 16.1 Å². The molecule has 0 spiro atoms. The summed E-state index contributed by atoms with van der Waals surface area (Å²) >= 11 is 0. The molecule has 2 heterocycles. The molecule has 130 valence electrons. The fourth-order valence-electron chi connectivity index (χ4n) is 2.44. The van der Waals surface area contributed by atoms with Gasteiger partial charge >= 0.3 is 0 Å². The number of aliphatic hydroxyl groups excluding tert-OH is 1. The molecule has 1 N–H and O–H groups in total. The van der Waals surface area contributed by atoms with Crippen LogP contribution >= 0.6 is 0 Å². The normalized spacial score (nSPS) is 12.3. The maximum Gasteiger partial charge on any atom is 0.234 e. The smallest absolute Gasteiger partial charge is 0.234 e. The van der Waals surface area contributed by atoms with E-state index in [4.69, 9.17) is 4.74 Å². The maximum atomic E-state index is 11.4. The second-order valence-electron chi connectivity index (χ2n) is 5.57. The van der Waals surface area contributed by atoms with Gasteiger partial charge in [-0.15, -0.1) is 0 Å². The molecule has 0 bridgehead atoms. The van der Waals surface area contributed by atoms with Gasteiger partial charge in [-0.25, -0.2) is 9.97 Å². The van der Waals surface area contributed by atoms with E-state index in [1.165, 1.54) is 13.3 Å². The minimum Gasteiger partial charge on any atom is -0.393 e. The van der Waals surface area contributed by atoms with Crippen molar-refractivity contribution in [1.82, 2.24) is 19.6 Å². The second-order valence-corrected chi connectivity index (χ2v) is 5.57. The molecule has 2 aromatic heterocycles. The van der Waals surface area contributed by atoms with Crippen LogP contribution in [0.25, 0.3) is 5.65 Å². The van der Waals surface area contributed by atoms with Crippen LogP contribution in [0.5, 0.6) is 0 Å².